The van der Waals surface area contributed by atoms with Crippen molar-refractivity contribution in [3.63, 3.8) is 0 Å². The fourth-order valence-corrected chi connectivity index (χ4v) is 7.07. The van der Waals surface area contributed by atoms with E-state index < -0.39 is 16.4 Å². The van der Waals surface area contributed by atoms with Crippen LogP contribution in [0.25, 0.3) is 0 Å². The molecule has 30 heavy (non-hydrogen) atoms. The van der Waals surface area contributed by atoms with Gasteiger partial charge in [-0.2, -0.15) is 22.3 Å². The summed E-state index contributed by atoms with van der Waals surface area (Å²) in [6, 6.07) is 3.57. The number of methoxy groups -OCH3 is 1. The van der Waals surface area contributed by atoms with E-state index in [0.717, 1.165) is 56.1 Å². The number of allylic oxidation sites excluding steroid dienone is 1. The number of rotatable bonds is 4. The van der Waals surface area contributed by atoms with Crippen LogP contribution in [-0.2, 0) is 16.7 Å². The Morgan fingerprint density at radius 1 is 1.20 bits per heavy atom. The second-order valence-electron chi connectivity index (χ2n) is 8.87. The maximum atomic E-state index is 13.9. The molecule has 0 saturated heterocycles. The van der Waals surface area contributed by atoms with Crippen molar-refractivity contribution in [2.75, 3.05) is 7.11 Å². The molecule has 4 rings (SSSR count). The van der Waals surface area contributed by atoms with Crippen molar-refractivity contribution >= 4 is 10.3 Å². The van der Waals surface area contributed by atoms with Gasteiger partial charge >= 0.3 is 10.3 Å². The van der Waals surface area contributed by atoms with Gasteiger partial charge in [-0.05, 0) is 97.8 Å². The first kappa shape index (κ1) is 21.6. The topological polar surface area (TPSA) is 78.6 Å². The molecular formula is C22H29F2NO4S. The molecule has 4 atom stereocenters. The standard InChI is InChI=1S/C22H29F2NO4S/c1-3-22-10-9-14-15(17(22)5-4-6-18(22)21(23)24)8-7-13-11-20(29-30(25,26)27)19(28-2)12-16(13)14/h11-12,14-15,17H,3-10H2,1-2H3,(H2,25,26,27)/t14?,15?,17?,22-/m0/s1. The average molecular weight is 442 g/mol. The first-order valence-corrected chi connectivity index (χ1v) is 12.1. The molecule has 2 fully saturated rings. The number of aryl methyl sites for hydroxylation is 1. The molecule has 8 heteroatoms. The van der Waals surface area contributed by atoms with Crippen molar-refractivity contribution in [1.29, 1.82) is 0 Å². The van der Waals surface area contributed by atoms with E-state index in [1.54, 1.807) is 6.07 Å². The fourth-order valence-electron chi connectivity index (χ4n) is 6.69. The molecule has 2 saturated carbocycles. The molecule has 166 valence electrons. The van der Waals surface area contributed by atoms with Crippen LogP contribution in [0, 0.1) is 17.3 Å². The third kappa shape index (κ3) is 3.51. The molecule has 2 N–H and O–H groups in total. The molecule has 5 nitrogen and oxygen atoms in total. The summed E-state index contributed by atoms with van der Waals surface area (Å²) in [5.74, 6) is 1.28. The quantitative estimate of drug-likeness (QED) is 0.708. The Bertz CT molecular complexity index is 974. The summed E-state index contributed by atoms with van der Waals surface area (Å²) >= 11 is 0. The lowest BCUT2D eigenvalue weighted by atomic mass is 9.48. The zero-order chi connectivity index (χ0) is 21.7. The van der Waals surface area contributed by atoms with Gasteiger partial charge in [0.25, 0.3) is 6.08 Å². The average Bonchev–Trinajstić information content (AvgIpc) is 2.70. The van der Waals surface area contributed by atoms with E-state index in [1.165, 1.54) is 7.11 Å². The van der Waals surface area contributed by atoms with E-state index in [9.17, 15) is 17.2 Å². The number of hydrogen-bond acceptors (Lipinski definition) is 4. The largest absolute Gasteiger partial charge is 0.493 e. The van der Waals surface area contributed by atoms with Gasteiger partial charge in [0.05, 0.1) is 7.11 Å². The van der Waals surface area contributed by atoms with E-state index in [1.807, 2.05) is 6.07 Å². The maximum Gasteiger partial charge on any atom is 0.380 e. The summed E-state index contributed by atoms with van der Waals surface area (Å²) in [6.45, 7) is 2.05. The summed E-state index contributed by atoms with van der Waals surface area (Å²) < 4.78 is 60.8. The Morgan fingerprint density at radius 3 is 2.60 bits per heavy atom. The van der Waals surface area contributed by atoms with Crippen LogP contribution >= 0.6 is 0 Å². The van der Waals surface area contributed by atoms with Crippen molar-refractivity contribution in [2.45, 2.75) is 64.2 Å². The van der Waals surface area contributed by atoms with Gasteiger partial charge in [0.1, 0.15) is 0 Å². The normalized spacial score (nSPS) is 30.7. The van der Waals surface area contributed by atoms with Gasteiger partial charge in [0.2, 0.25) is 0 Å². The maximum absolute atomic E-state index is 13.9. The van der Waals surface area contributed by atoms with Crippen molar-refractivity contribution in [3.05, 3.63) is 34.9 Å². The number of hydrogen-bond donors (Lipinski definition) is 1. The second kappa shape index (κ2) is 7.79. The number of nitrogens with two attached hydrogens (primary N) is 1. The molecule has 0 heterocycles. The Labute approximate surface area is 176 Å². The van der Waals surface area contributed by atoms with Crippen LogP contribution in [0.2, 0.25) is 0 Å². The molecule has 0 aromatic heterocycles. The second-order valence-corrected chi connectivity index (χ2v) is 10.0. The third-order valence-corrected chi connectivity index (χ3v) is 8.24. The Hall–Kier alpha value is -1.67. The highest BCUT2D eigenvalue weighted by molar-refractivity contribution is 7.84. The molecular weight excluding hydrogens is 412 g/mol. The SMILES string of the molecule is CC[C@]12CCC3c4cc(OC)c(OS(N)(=O)=O)cc4CCC3C1CCCC2=C(F)F. The van der Waals surface area contributed by atoms with Crippen LogP contribution in [0.3, 0.4) is 0 Å². The van der Waals surface area contributed by atoms with E-state index in [0.29, 0.717) is 23.7 Å². The lowest BCUT2D eigenvalue weighted by molar-refractivity contribution is 0.0132. The highest BCUT2D eigenvalue weighted by Crippen LogP contribution is 2.63. The van der Waals surface area contributed by atoms with Crippen LogP contribution in [0.15, 0.2) is 23.8 Å². The Balaban J connectivity index is 1.73. The van der Waals surface area contributed by atoms with Gasteiger partial charge in [0.15, 0.2) is 11.5 Å². The van der Waals surface area contributed by atoms with Crippen LogP contribution in [-0.4, -0.2) is 15.5 Å². The minimum atomic E-state index is -4.16. The minimum absolute atomic E-state index is 0.0956. The lowest BCUT2D eigenvalue weighted by Gasteiger charge is -2.56. The summed E-state index contributed by atoms with van der Waals surface area (Å²) in [7, 11) is -2.70. The van der Waals surface area contributed by atoms with Crippen LogP contribution in [0.5, 0.6) is 11.5 Å². The summed E-state index contributed by atoms with van der Waals surface area (Å²) in [6.07, 6.45) is 4.89. The number of ether oxygens (including phenoxy) is 1. The molecule has 0 aliphatic heterocycles. The minimum Gasteiger partial charge on any atom is -0.493 e. The van der Waals surface area contributed by atoms with E-state index in [-0.39, 0.29) is 23.0 Å². The van der Waals surface area contributed by atoms with Crippen molar-refractivity contribution in [1.82, 2.24) is 0 Å². The number of halogens is 2. The van der Waals surface area contributed by atoms with Crippen LogP contribution in [0.1, 0.15) is 68.9 Å². The van der Waals surface area contributed by atoms with Gasteiger partial charge in [-0.15, -0.1) is 0 Å². The molecule has 3 unspecified atom stereocenters. The summed E-state index contributed by atoms with van der Waals surface area (Å²) in [4.78, 5) is 0. The summed E-state index contributed by atoms with van der Waals surface area (Å²) in [5.41, 5.74) is 2.19. The molecule has 3 aliphatic rings. The van der Waals surface area contributed by atoms with Crippen molar-refractivity contribution in [3.8, 4) is 11.5 Å². The van der Waals surface area contributed by atoms with Crippen molar-refractivity contribution in [2.24, 2.45) is 22.4 Å². The van der Waals surface area contributed by atoms with Gasteiger partial charge in [0, 0.05) is 5.57 Å². The predicted molar refractivity (Wildman–Crippen MR) is 110 cm³/mol. The zero-order valence-corrected chi connectivity index (χ0v) is 18.2. The molecule has 0 spiro atoms. The lowest BCUT2D eigenvalue weighted by Crippen LogP contribution is -2.47. The van der Waals surface area contributed by atoms with E-state index >= 15 is 0 Å². The monoisotopic (exact) mass is 441 g/mol. The number of benzene rings is 1. The molecule has 3 aliphatic carbocycles. The highest BCUT2D eigenvalue weighted by atomic mass is 32.2. The van der Waals surface area contributed by atoms with E-state index in [4.69, 9.17) is 14.1 Å². The molecule has 1 aromatic rings. The molecule has 0 radical (unpaired) electrons. The first-order chi connectivity index (χ1) is 14.2. The highest BCUT2D eigenvalue weighted by Gasteiger charge is 2.53. The zero-order valence-electron chi connectivity index (χ0n) is 17.4. The molecule has 1 aromatic carbocycles. The van der Waals surface area contributed by atoms with E-state index in [2.05, 4.69) is 6.92 Å². The fraction of sp³-hybridized carbons (Fsp3) is 0.636. The van der Waals surface area contributed by atoms with Gasteiger partial charge < -0.3 is 8.92 Å². The van der Waals surface area contributed by atoms with Gasteiger partial charge in [-0.25, -0.2) is 0 Å². The smallest absolute Gasteiger partial charge is 0.380 e. The molecule has 0 bridgehead atoms. The van der Waals surface area contributed by atoms with Gasteiger partial charge in [-0.1, -0.05) is 6.92 Å². The Morgan fingerprint density at radius 2 is 1.97 bits per heavy atom. The molecule has 0 amide bonds. The first-order valence-electron chi connectivity index (χ1n) is 10.7. The van der Waals surface area contributed by atoms with Gasteiger partial charge in [-0.3, -0.25) is 0 Å². The van der Waals surface area contributed by atoms with Crippen molar-refractivity contribution < 1.29 is 26.1 Å². The third-order valence-electron chi connectivity index (χ3n) is 7.82. The van der Waals surface area contributed by atoms with Crippen LogP contribution < -0.4 is 14.1 Å². The Kier molecular flexibility index (Phi) is 5.60. The summed E-state index contributed by atoms with van der Waals surface area (Å²) in [5, 5.41) is 5.04. The van der Waals surface area contributed by atoms with Crippen LogP contribution in [0.4, 0.5) is 8.78 Å². The predicted octanol–water partition coefficient (Wildman–Crippen LogP) is 5.06. The number of fused-ring (bicyclic) bond motifs is 5.